The van der Waals surface area contributed by atoms with Crippen LogP contribution in [0.15, 0.2) is 135 Å². The van der Waals surface area contributed by atoms with Crippen molar-refractivity contribution in [2.45, 2.75) is 6.61 Å². The standard InChI is InChI=1S/C35H23BrN2O2/c36-31-20-24(18-19-32(31)39-23-28-16-9-15-25-10-7-8-17-29(25)28)22-38-35-30(21-37)33(26-11-3-1-4-12-26)34(40-35)27-13-5-2-6-14-27/h1-20,22H,23H2/b38-22+. The van der Waals surface area contributed by atoms with Crippen molar-refractivity contribution >= 4 is 38.8 Å². The largest absolute Gasteiger partial charge is 0.488 e. The molecule has 0 amide bonds. The van der Waals surface area contributed by atoms with Crippen molar-refractivity contribution in [3.05, 3.63) is 142 Å². The van der Waals surface area contributed by atoms with Crippen LogP contribution < -0.4 is 4.74 Å². The number of hydrogen-bond donors (Lipinski definition) is 0. The second-order valence-corrected chi connectivity index (χ2v) is 10.1. The summed E-state index contributed by atoms with van der Waals surface area (Å²) in [5, 5.41) is 12.5. The summed E-state index contributed by atoms with van der Waals surface area (Å²) in [5.41, 5.74) is 4.89. The minimum atomic E-state index is 0.271. The number of benzene rings is 5. The van der Waals surface area contributed by atoms with Crippen molar-refractivity contribution < 1.29 is 9.15 Å². The molecule has 5 heteroatoms. The Bertz CT molecular complexity index is 1860. The van der Waals surface area contributed by atoms with E-state index in [4.69, 9.17) is 9.15 Å². The van der Waals surface area contributed by atoms with Crippen LogP contribution in [0.3, 0.4) is 0 Å². The first kappa shape index (κ1) is 25.4. The van der Waals surface area contributed by atoms with Crippen LogP contribution in [0.5, 0.6) is 5.75 Å². The number of rotatable bonds is 7. The molecule has 0 spiro atoms. The first-order valence-electron chi connectivity index (χ1n) is 12.8. The van der Waals surface area contributed by atoms with E-state index in [1.807, 2.05) is 97.1 Å². The SMILES string of the molecule is N#Cc1c(/N=C/c2ccc(OCc3cccc4ccccc34)c(Br)c2)oc(-c2ccccc2)c1-c1ccccc1. The molecule has 1 heterocycles. The summed E-state index contributed by atoms with van der Waals surface area (Å²) in [6.07, 6.45) is 1.70. The summed E-state index contributed by atoms with van der Waals surface area (Å²) in [5.74, 6) is 1.62. The maximum Gasteiger partial charge on any atom is 0.238 e. The van der Waals surface area contributed by atoms with E-state index in [0.717, 1.165) is 38.0 Å². The van der Waals surface area contributed by atoms with E-state index in [0.29, 0.717) is 17.9 Å². The molecule has 1 aromatic heterocycles. The van der Waals surface area contributed by atoms with Crippen LogP contribution in [0, 0.1) is 11.3 Å². The summed E-state index contributed by atoms with van der Waals surface area (Å²) in [4.78, 5) is 4.60. The van der Waals surface area contributed by atoms with Gasteiger partial charge in [0.1, 0.15) is 29.7 Å². The summed E-state index contributed by atoms with van der Waals surface area (Å²) < 4.78 is 13.2. The monoisotopic (exact) mass is 582 g/mol. The van der Waals surface area contributed by atoms with Crippen LogP contribution in [0.1, 0.15) is 16.7 Å². The van der Waals surface area contributed by atoms with Gasteiger partial charge >= 0.3 is 0 Å². The van der Waals surface area contributed by atoms with E-state index >= 15 is 0 Å². The highest BCUT2D eigenvalue weighted by Crippen LogP contribution is 2.42. The van der Waals surface area contributed by atoms with E-state index in [9.17, 15) is 5.26 Å². The van der Waals surface area contributed by atoms with E-state index in [-0.39, 0.29) is 5.88 Å². The maximum atomic E-state index is 10.1. The highest BCUT2D eigenvalue weighted by atomic mass is 79.9. The predicted octanol–water partition coefficient (Wildman–Crippen LogP) is 9.73. The fourth-order valence-corrected chi connectivity index (χ4v) is 5.22. The number of nitrogens with zero attached hydrogens (tertiary/aromatic N) is 2. The lowest BCUT2D eigenvalue weighted by atomic mass is 9.98. The van der Waals surface area contributed by atoms with Crippen LogP contribution in [0.4, 0.5) is 5.88 Å². The molecular formula is C35H23BrN2O2. The highest BCUT2D eigenvalue weighted by Gasteiger charge is 2.22. The third-order valence-corrected chi connectivity index (χ3v) is 7.27. The average Bonchev–Trinajstić information content (AvgIpc) is 3.39. The molecule has 0 aliphatic carbocycles. The van der Waals surface area contributed by atoms with Crippen LogP contribution in [0.2, 0.25) is 0 Å². The van der Waals surface area contributed by atoms with Crippen molar-refractivity contribution in [2.24, 2.45) is 4.99 Å². The lowest BCUT2D eigenvalue weighted by molar-refractivity contribution is 0.305. The first-order valence-corrected chi connectivity index (χ1v) is 13.6. The Kier molecular flexibility index (Phi) is 7.26. The normalized spacial score (nSPS) is 11.1. The molecule has 40 heavy (non-hydrogen) atoms. The molecule has 0 radical (unpaired) electrons. The number of furan rings is 1. The molecule has 0 bridgehead atoms. The Morgan fingerprint density at radius 1 is 0.800 bits per heavy atom. The fraction of sp³-hybridized carbons (Fsp3) is 0.0286. The Morgan fingerprint density at radius 2 is 1.50 bits per heavy atom. The van der Waals surface area contributed by atoms with Crippen LogP contribution in [0.25, 0.3) is 33.2 Å². The van der Waals surface area contributed by atoms with Gasteiger partial charge in [-0.1, -0.05) is 103 Å². The number of ether oxygens (including phenoxy) is 1. The minimum absolute atomic E-state index is 0.271. The van der Waals surface area contributed by atoms with Crippen LogP contribution in [-0.4, -0.2) is 6.21 Å². The molecule has 0 saturated carbocycles. The number of fused-ring (bicyclic) bond motifs is 1. The van der Waals surface area contributed by atoms with Gasteiger partial charge in [0.2, 0.25) is 5.88 Å². The molecule has 192 valence electrons. The van der Waals surface area contributed by atoms with E-state index in [1.165, 1.54) is 10.8 Å². The summed E-state index contributed by atoms with van der Waals surface area (Å²) in [7, 11) is 0. The number of nitriles is 1. The molecule has 4 nitrogen and oxygen atoms in total. The number of aliphatic imine (C=N–C) groups is 1. The van der Waals surface area contributed by atoms with Gasteiger partial charge in [-0.15, -0.1) is 0 Å². The summed E-state index contributed by atoms with van der Waals surface area (Å²) in [6, 6.07) is 42.2. The second-order valence-electron chi connectivity index (χ2n) is 9.21. The minimum Gasteiger partial charge on any atom is -0.488 e. The zero-order valence-electron chi connectivity index (χ0n) is 21.4. The van der Waals surface area contributed by atoms with Gasteiger partial charge in [-0.25, -0.2) is 4.99 Å². The first-order chi connectivity index (χ1) is 19.7. The van der Waals surface area contributed by atoms with Gasteiger partial charge in [-0.3, -0.25) is 0 Å². The molecular weight excluding hydrogens is 560 g/mol. The summed E-state index contributed by atoms with van der Waals surface area (Å²) in [6.45, 7) is 0.454. The second kappa shape index (κ2) is 11.4. The molecule has 0 aliphatic rings. The Balaban J connectivity index is 1.28. The van der Waals surface area contributed by atoms with Gasteiger partial charge < -0.3 is 9.15 Å². The maximum absolute atomic E-state index is 10.1. The van der Waals surface area contributed by atoms with Crippen molar-refractivity contribution in [1.29, 1.82) is 5.26 Å². The molecule has 0 atom stereocenters. The molecule has 0 N–H and O–H groups in total. The van der Waals surface area contributed by atoms with Crippen molar-refractivity contribution in [2.75, 3.05) is 0 Å². The molecule has 0 fully saturated rings. The van der Waals surface area contributed by atoms with E-state index in [1.54, 1.807) is 6.21 Å². The molecule has 0 saturated heterocycles. The Labute approximate surface area is 240 Å². The van der Waals surface area contributed by atoms with Crippen LogP contribution >= 0.6 is 15.9 Å². The van der Waals surface area contributed by atoms with Crippen molar-refractivity contribution in [3.63, 3.8) is 0 Å². The molecule has 5 aromatic carbocycles. The predicted molar refractivity (Wildman–Crippen MR) is 164 cm³/mol. The number of halogens is 1. The molecule has 6 rings (SSSR count). The molecule has 6 aromatic rings. The number of hydrogen-bond acceptors (Lipinski definition) is 4. The van der Waals surface area contributed by atoms with Gasteiger partial charge in [-0.05, 0) is 61.6 Å². The smallest absolute Gasteiger partial charge is 0.238 e. The van der Waals surface area contributed by atoms with E-state index in [2.05, 4.69) is 51.3 Å². The third kappa shape index (κ3) is 5.18. The van der Waals surface area contributed by atoms with Gasteiger partial charge in [0, 0.05) is 17.3 Å². The lowest BCUT2D eigenvalue weighted by Gasteiger charge is -2.11. The van der Waals surface area contributed by atoms with Crippen molar-refractivity contribution in [1.82, 2.24) is 0 Å². The van der Waals surface area contributed by atoms with Gasteiger partial charge in [0.15, 0.2) is 0 Å². The fourth-order valence-electron chi connectivity index (χ4n) is 4.71. The third-order valence-electron chi connectivity index (χ3n) is 6.65. The zero-order valence-corrected chi connectivity index (χ0v) is 23.0. The van der Waals surface area contributed by atoms with Gasteiger partial charge in [0.05, 0.1) is 4.47 Å². The Morgan fingerprint density at radius 3 is 2.25 bits per heavy atom. The van der Waals surface area contributed by atoms with Crippen molar-refractivity contribution in [3.8, 4) is 34.3 Å². The van der Waals surface area contributed by atoms with Crippen LogP contribution in [-0.2, 0) is 6.61 Å². The zero-order chi connectivity index (χ0) is 27.3. The molecule has 0 aliphatic heterocycles. The average molecular weight is 583 g/mol. The van der Waals surface area contributed by atoms with Gasteiger partial charge in [0.25, 0.3) is 0 Å². The Hall–Kier alpha value is -4.92. The quantitative estimate of drug-likeness (QED) is 0.176. The summed E-state index contributed by atoms with van der Waals surface area (Å²) >= 11 is 3.64. The van der Waals surface area contributed by atoms with Gasteiger partial charge in [-0.2, -0.15) is 5.26 Å². The highest BCUT2D eigenvalue weighted by molar-refractivity contribution is 9.10. The lowest BCUT2D eigenvalue weighted by Crippen LogP contribution is -1.97. The topological polar surface area (TPSA) is 58.5 Å². The molecule has 0 unspecified atom stereocenters. The van der Waals surface area contributed by atoms with E-state index < -0.39 is 0 Å².